The molecule has 0 aromatic heterocycles. The largest absolute Gasteiger partial charge is 0.346 e. The highest BCUT2D eigenvalue weighted by Gasteiger charge is 2.48. The van der Waals surface area contributed by atoms with E-state index in [1.54, 1.807) is 12.1 Å². The summed E-state index contributed by atoms with van der Waals surface area (Å²) in [5.41, 5.74) is 0.979. The van der Waals surface area contributed by atoms with Crippen molar-refractivity contribution in [2.24, 2.45) is 10.9 Å². The van der Waals surface area contributed by atoms with E-state index in [-0.39, 0.29) is 34.5 Å². The van der Waals surface area contributed by atoms with E-state index < -0.39 is 9.84 Å². The Bertz CT molecular complexity index is 880. The number of amidine groups is 1. The molecule has 0 bridgehead atoms. The van der Waals surface area contributed by atoms with E-state index in [4.69, 9.17) is 0 Å². The summed E-state index contributed by atoms with van der Waals surface area (Å²) in [5, 5.41) is 0.600. The van der Waals surface area contributed by atoms with Crippen LogP contribution in [0.5, 0.6) is 0 Å². The Balaban J connectivity index is 1.44. The molecule has 2 saturated heterocycles. The predicted octanol–water partition coefficient (Wildman–Crippen LogP) is 3.44. The van der Waals surface area contributed by atoms with Crippen LogP contribution in [0.1, 0.15) is 44.1 Å². The van der Waals surface area contributed by atoms with Crippen LogP contribution in [-0.2, 0) is 21.1 Å². The number of hydrogen-bond donors (Lipinski definition) is 0. The van der Waals surface area contributed by atoms with E-state index in [0.29, 0.717) is 30.5 Å². The molecule has 4 rings (SSSR count). The summed E-state index contributed by atoms with van der Waals surface area (Å²) in [6.45, 7) is 0.573. The molecule has 2 aliphatic heterocycles. The third kappa shape index (κ3) is 5.20. The van der Waals surface area contributed by atoms with Crippen molar-refractivity contribution in [1.29, 1.82) is 0 Å². The number of halogens is 1. The number of benzene rings is 1. The summed E-state index contributed by atoms with van der Waals surface area (Å²) in [6.07, 6.45) is 6.97. The fourth-order valence-electron chi connectivity index (χ4n) is 4.59. The number of carbonyl (C=O) groups is 1. The Kier molecular flexibility index (Phi) is 6.30. The molecule has 8 heteroatoms. The van der Waals surface area contributed by atoms with Crippen molar-refractivity contribution in [1.82, 2.24) is 4.90 Å². The molecule has 3 aliphatic rings. The number of carbonyl (C=O) groups excluding carboxylic acids is 1. The van der Waals surface area contributed by atoms with Gasteiger partial charge in [-0.3, -0.25) is 4.79 Å². The number of nitrogens with zero attached hydrogens (tertiary/aromatic N) is 2. The molecule has 158 valence electrons. The van der Waals surface area contributed by atoms with Crippen LogP contribution >= 0.6 is 11.8 Å². The molecule has 2 heterocycles. The zero-order chi connectivity index (χ0) is 20.4. The molecule has 3 fully saturated rings. The summed E-state index contributed by atoms with van der Waals surface area (Å²) in [6, 6.07) is 6.21. The Morgan fingerprint density at radius 2 is 1.90 bits per heavy atom. The zero-order valence-electron chi connectivity index (χ0n) is 16.4. The van der Waals surface area contributed by atoms with Crippen LogP contribution in [0.25, 0.3) is 0 Å². The summed E-state index contributed by atoms with van der Waals surface area (Å²) < 4.78 is 37.3. The first-order valence-electron chi connectivity index (χ1n) is 10.4. The van der Waals surface area contributed by atoms with E-state index in [1.807, 2.05) is 4.90 Å². The SMILES string of the molecule is O=C(CCC1CCCC1)N=C1S[C@H]2CS(=O)(=O)C[C@H]2N1CCc1ccc(F)cc1. The summed E-state index contributed by atoms with van der Waals surface area (Å²) in [4.78, 5) is 18.9. The van der Waals surface area contributed by atoms with Crippen LogP contribution in [0.3, 0.4) is 0 Å². The monoisotopic (exact) mass is 438 g/mol. The summed E-state index contributed by atoms with van der Waals surface area (Å²) in [5.74, 6) is 0.527. The van der Waals surface area contributed by atoms with Gasteiger partial charge in [0.1, 0.15) is 5.82 Å². The molecule has 1 aromatic carbocycles. The van der Waals surface area contributed by atoms with Gasteiger partial charge in [-0.25, -0.2) is 12.8 Å². The zero-order valence-corrected chi connectivity index (χ0v) is 18.1. The quantitative estimate of drug-likeness (QED) is 0.681. The number of hydrogen-bond acceptors (Lipinski definition) is 4. The minimum atomic E-state index is -3.05. The maximum absolute atomic E-state index is 13.1. The van der Waals surface area contributed by atoms with Gasteiger partial charge in [-0.1, -0.05) is 49.6 Å². The van der Waals surface area contributed by atoms with Crippen LogP contribution < -0.4 is 0 Å². The topological polar surface area (TPSA) is 66.8 Å². The van der Waals surface area contributed by atoms with Gasteiger partial charge in [0.2, 0.25) is 5.91 Å². The predicted molar refractivity (Wildman–Crippen MR) is 114 cm³/mol. The van der Waals surface area contributed by atoms with Crippen molar-refractivity contribution in [3.8, 4) is 0 Å². The Hall–Kier alpha value is -1.41. The van der Waals surface area contributed by atoms with Gasteiger partial charge in [0.25, 0.3) is 0 Å². The van der Waals surface area contributed by atoms with Crippen molar-refractivity contribution >= 4 is 32.7 Å². The third-order valence-electron chi connectivity index (χ3n) is 6.19. The van der Waals surface area contributed by atoms with E-state index in [1.165, 1.54) is 49.6 Å². The molecule has 1 saturated carbocycles. The first-order valence-corrected chi connectivity index (χ1v) is 13.1. The summed E-state index contributed by atoms with van der Waals surface area (Å²) in [7, 11) is -3.05. The second-order valence-corrected chi connectivity index (χ2v) is 11.7. The molecule has 1 aromatic rings. The molecule has 1 aliphatic carbocycles. The molecule has 0 N–H and O–H groups in total. The molecule has 0 unspecified atom stereocenters. The molecule has 29 heavy (non-hydrogen) atoms. The van der Waals surface area contributed by atoms with Crippen LogP contribution in [0.15, 0.2) is 29.3 Å². The smallest absolute Gasteiger partial charge is 0.248 e. The molecule has 1 amide bonds. The van der Waals surface area contributed by atoms with Crippen molar-refractivity contribution < 1.29 is 17.6 Å². The lowest BCUT2D eigenvalue weighted by Crippen LogP contribution is -2.39. The van der Waals surface area contributed by atoms with Crippen molar-refractivity contribution in [2.45, 2.75) is 56.2 Å². The van der Waals surface area contributed by atoms with Gasteiger partial charge in [-0.05, 0) is 36.5 Å². The maximum atomic E-state index is 13.1. The Labute approximate surface area is 176 Å². The molecule has 2 atom stereocenters. The van der Waals surface area contributed by atoms with Crippen LogP contribution in [0.4, 0.5) is 4.39 Å². The lowest BCUT2D eigenvalue weighted by Gasteiger charge is -2.24. The first-order chi connectivity index (χ1) is 13.9. The van der Waals surface area contributed by atoms with Gasteiger partial charge in [0, 0.05) is 18.2 Å². The van der Waals surface area contributed by atoms with Crippen LogP contribution in [0, 0.1) is 11.7 Å². The molecule has 5 nitrogen and oxygen atoms in total. The Morgan fingerprint density at radius 3 is 2.62 bits per heavy atom. The lowest BCUT2D eigenvalue weighted by molar-refractivity contribution is -0.118. The fourth-order valence-corrected chi connectivity index (χ4v) is 8.58. The second-order valence-electron chi connectivity index (χ2n) is 8.35. The highest BCUT2D eigenvalue weighted by atomic mass is 32.2. The van der Waals surface area contributed by atoms with Gasteiger partial charge < -0.3 is 4.90 Å². The molecule has 0 spiro atoms. The van der Waals surface area contributed by atoms with E-state index >= 15 is 0 Å². The lowest BCUT2D eigenvalue weighted by atomic mass is 10.0. The van der Waals surface area contributed by atoms with E-state index in [9.17, 15) is 17.6 Å². The van der Waals surface area contributed by atoms with Crippen molar-refractivity contribution in [3.63, 3.8) is 0 Å². The second kappa shape index (κ2) is 8.76. The van der Waals surface area contributed by atoms with Gasteiger partial charge in [0.15, 0.2) is 15.0 Å². The standard InChI is InChI=1S/C21H27FN2O3S2/c22-17-8-5-16(6-9-17)11-12-24-18-13-29(26,27)14-19(18)28-21(24)23-20(25)10-7-15-3-1-2-4-15/h5-6,8-9,15,18-19H,1-4,7,10-14H2/t18-,19+/m1/s1. The number of thioether (sulfide) groups is 1. The van der Waals surface area contributed by atoms with Gasteiger partial charge in [-0.2, -0.15) is 4.99 Å². The number of amides is 1. The van der Waals surface area contributed by atoms with Gasteiger partial charge in [0.05, 0.1) is 17.5 Å². The molecular formula is C21H27FN2O3S2. The van der Waals surface area contributed by atoms with Crippen LogP contribution in [0.2, 0.25) is 0 Å². The maximum Gasteiger partial charge on any atom is 0.248 e. The average Bonchev–Trinajstić information content (AvgIpc) is 3.35. The fraction of sp³-hybridized carbons (Fsp3) is 0.619. The Morgan fingerprint density at radius 1 is 1.17 bits per heavy atom. The average molecular weight is 439 g/mol. The van der Waals surface area contributed by atoms with E-state index in [0.717, 1.165) is 12.0 Å². The van der Waals surface area contributed by atoms with E-state index in [2.05, 4.69) is 4.99 Å². The van der Waals surface area contributed by atoms with Crippen molar-refractivity contribution in [3.05, 3.63) is 35.6 Å². The van der Waals surface area contributed by atoms with Crippen LogP contribution in [-0.4, -0.2) is 53.7 Å². The first kappa shape index (κ1) is 20.8. The number of fused-ring (bicyclic) bond motifs is 1. The van der Waals surface area contributed by atoms with Crippen molar-refractivity contribution in [2.75, 3.05) is 18.1 Å². The minimum absolute atomic E-state index is 0.0606. The normalized spacial score (nSPS) is 27.6. The highest BCUT2D eigenvalue weighted by Crippen LogP contribution is 2.38. The highest BCUT2D eigenvalue weighted by molar-refractivity contribution is 8.15. The number of rotatable bonds is 6. The summed E-state index contributed by atoms with van der Waals surface area (Å²) >= 11 is 1.43. The molecule has 0 radical (unpaired) electrons. The number of sulfone groups is 1. The third-order valence-corrected chi connectivity index (χ3v) is 9.44. The molecular weight excluding hydrogens is 411 g/mol. The minimum Gasteiger partial charge on any atom is -0.346 e. The van der Waals surface area contributed by atoms with Gasteiger partial charge in [-0.15, -0.1) is 0 Å². The number of aliphatic imine (C=N–C) groups is 1. The van der Waals surface area contributed by atoms with Gasteiger partial charge >= 0.3 is 0 Å².